The molecule has 1 aromatic rings. The number of hydrogen-bond donors (Lipinski definition) is 2. The van der Waals surface area contributed by atoms with Crippen LogP contribution in [0.4, 0.5) is 0 Å². The number of hydrogen-bond acceptors (Lipinski definition) is 3. The second-order valence-electron chi connectivity index (χ2n) is 6.57. The minimum absolute atomic E-state index is 0.00215. The summed E-state index contributed by atoms with van der Waals surface area (Å²) in [6, 6.07) is 6.81. The van der Waals surface area contributed by atoms with Crippen LogP contribution >= 0.6 is 0 Å². The summed E-state index contributed by atoms with van der Waals surface area (Å²) in [4.78, 5) is 27.0. The number of aliphatic hydroxyl groups excluding tert-OH is 1. The zero-order valence-corrected chi connectivity index (χ0v) is 14.1. The van der Waals surface area contributed by atoms with Gasteiger partial charge < -0.3 is 15.3 Å². The molecule has 0 aliphatic carbocycles. The van der Waals surface area contributed by atoms with E-state index in [0.717, 1.165) is 5.56 Å². The first-order chi connectivity index (χ1) is 10.9. The molecule has 5 heteroatoms. The summed E-state index contributed by atoms with van der Waals surface area (Å²) in [6.45, 7) is 6.83. The van der Waals surface area contributed by atoms with Crippen LogP contribution in [0, 0.1) is 12.8 Å². The van der Waals surface area contributed by atoms with Gasteiger partial charge in [-0.1, -0.05) is 32.0 Å². The fourth-order valence-electron chi connectivity index (χ4n) is 2.84. The number of aliphatic hydroxyl groups is 1. The number of aryl methyl sites for hydroxylation is 1. The molecule has 0 saturated carbocycles. The Hall–Kier alpha value is -1.88. The molecule has 0 radical (unpaired) electrons. The molecule has 1 atom stereocenters. The number of benzene rings is 1. The van der Waals surface area contributed by atoms with Crippen LogP contribution in [0.3, 0.4) is 0 Å². The van der Waals surface area contributed by atoms with Crippen LogP contribution in [-0.2, 0) is 4.79 Å². The second kappa shape index (κ2) is 7.59. The average molecular weight is 318 g/mol. The predicted octanol–water partition coefficient (Wildman–Crippen LogP) is 1.73. The van der Waals surface area contributed by atoms with Gasteiger partial charge in [0.15, 0.2) is 0 Å². The molecular formula is C18H26N2O3. The van der Waals surface area contributed by atoms with E-state index in [1.54, 1.807) is 11.0 Å². The van der Waals surface area contributed by atoms with Crippen molar-refractivity contribution in [1.82, 2.24) is 10.2 Å². The average Bonchev–Trinajstić information content (AvgIpc) is 2.52. The van der Waals surface area contributed by atoms with Crippen molar-refractivity contribution in [2.24, 2.45) is 5.92 Å². The largest absolute Gasteiger partial charge is 0.393 e. The molecule has 5 nitrogen and oxygen atoms in total. The van der Waals surface area contributed by atoms with Crippen LogP contribution in [0.2, 0.25) is 0 Å². The summed E-state index contributed by atoms with van der Waals surface area (Å²) in [5, 5.41) is 12.5. The molecule has 2 amide bonds. The molecule has 1 aromatic carbocycles. The van der Waals surface area contributed by atoms with Gasteiger partial charge in [-0.05, 0) is 37.3 Å². The third-order valence-electron chi connectivity index (χ3n) is 4.39. The molecule has 1 aliphatic rings. The number of nitrogens with one attached hydrogen (secondary N) is 1. The number of nitrogens with zero attached hydrogens (tertiary/aromatic N) is 1. The van der Waals surface area contributed by atoms with Gasteiger partial charge in [0.1, 0.15) is 6.04 Å². The van der Waals surface area contributed by atoms with Crippen molar-refractivity contribution >= 4 is 11.8 Å². The third kappa shape index (κ3) is 4.32. The molecule has 1 unspecified atom stereocenters. The highest BCUT2D eigenvalue weighted by molar-refractivity contribution is 5.98. The van der Waals surface area contributed by atoms with Gasteiger partial charge in [0.2, 0.25) is 5.91 Å². The first kappa shape index (κ1) is 17.5. The summed E-state index contributed by atoms with van der Waals surface area (Å²) >= 11 is 0. The van der Waals surface area contributed by atoms with Crippen molar-refractivity contribution in [1.29, 1.82) is 0 Å². The van der Waals surface area contributed by atoms with E-state index >= 15 is 0 Å². The van der Waals surface area contributed by atoms with Gasteiger partial charge in [0.25, 0.3) is 5.91 Å². The van der Waals surface area contributed by atoms with Crippen molar-refractivity contribution in [3.05, 3.63) is 35.4 Å². The maximum Gasteiger partial charge on any atom is 0.252 e. The fourth-order valence-corrected chi connectivity index (χ4v) is 2.84. The lowest BCUT2D eigenvalue weighted by Crippen LogP contribution is -2.53. The van der Waals surface area contributed by atoms with Crippen LogP contribution in [0.1, 0.15) is 42.6 Å². The molecular weight excluding hydrogens is 292 g/mol. The summed E-state index contributed by atoms with van der Waals surface area (Å²) < 4.78 is 0. The van der Waals surface area contributed by atoms with E-state index in [2.05, 4.69) is 5.32 Å². The van der Waals surface area contributed by atoms with Crippen molar-refractivity contribution in [3.8, 4) is 0 Å². The van der Waals surface area contributed by atoms with Crippen molar-refractivity contribution in [3.63, 3.8) is 0 Å². The van der Waals surface area contributed by atoms with E-state index in [4.69, 9.17) is 0 Å². The lowest BCUT2D eigenvalue weighted by molar-refractivity contribution is -0.136. The Kier molecular flexibility index (Phi) is 5.77. The molecule has 1 saturated heterocycles. The Labute approximate surface area is 137 Å². The number of carbonyl (C=O) groups is 2. The molecule has 126 valence electrons. The summed E-state index contributed by atoms with van der Waals surface area (Å²) in [5.41, 5.74) is 1.49. The van der Waals surface area contributed by atoms with Gasteiger partial charge in [0.05, 0.1) is 6.10 Å². The lowest BCUT2D eigenvalue weighted by atomic mass is 9.99. The standard InChI is InChI=1S/C18H26N2O3/c1-12(2)16(18(23)20-10-8-14(21)9-11-20)19-17(22)15-7-5-4-6-13(15)3/h4-7,12,14,16,21H,8-11H2,1-3H3,(H,19,22). The summed E-state index contributed by atoms with van der Waals surface area (Å²) in [7, 11) is 0. The van der Waals surface area contributed by atoms with Crippen molar-refractivity contribution < 1.29 is 14.7 Å². The fraction of sp³-hybridized carbons (Fsp3) is 0.556. The Morgan fingerprint density at radius 1 is 1.22 bits per heavy atom. The number of rotatable bonds is 4. The number of piperidine rings is 1. The van der Waals surface area contributed by atoms with Gasteiger partial charge in [-0.3, -0.25) is 9.59 Å². The highest BCUT2D eigenvalue weighted by Gasteiger charge is 2.31. The number of carbonyl (C=O) groups excluding carboxylic acids is 2. The van der Waals surface area contributed by atoms with E-state index in [0.29, 0.717) is 31.5 Å². The van der Waals surface area contributed by atoms with E-state index in [1.165, 1.54) is 0 Å². The quantitative estimate of drug-likeness (QED) is 0.888. The topological polar surface area (TPSA) is 69.6 Å². The van der Waals surface area contributed by atoms with Gasteiger partial charge in [0, 0.05) is 18.7 Å². The van der Waals surface area contributed by atoms with Crippen LogP contribution in [0.15, 0.2) is 24.3 Å². The zero-order valence-electron chi connectivity index (χ0n) is 14.1. The summed E-state index contributed by atoms with van der Waals surface area (Å²) in [6.07, 6.45) is 0.878. The highest BCUT2D eigenvalue weighted by atomic mass is 16.3. The molecule has 0 aromatic heterocycles. The van der Waals surface area contributed by atoms with Gasteiger partial charge >= 0.3 is 0 Å². The third-order valence-corrected chi connectivity index (χ3v) is 4.39. The monoisotopic (exact) mass is 318 g/mol. The Bertz CT molecular complexity index is 563. The van der Waals surface area contributed by atoms with Crippen LogP contribution in [0.5, 0.6) is 0 Å². The van der Waals surface area contributed by atoms with Gasteiger partial charge in [-0.2, -0.15) is 0 Å². The molecule has 23 heavy (non-hydrogen) atoms. The maximum atomic E-state index is 12.7. The minimum atomic E-state index is -0.544. The van der Waals surface area contributed by atoms with Crippen LogP contribution < -0.4 is 5.32 Å². The minimum Gasteiger partial charge on any atom is -0.393 e. The number of likely N-dealkylation sites (tertiary alicyclic amines) is 1. The van der Waals surface area contributed by atoms with Crippen molar-refractivity contribution in [2.75, 3.05) is 13.1 Å². The predicted molar refractivity (Wildman–Crippen MR) is 89.1 cm³/mol. The maximum absolute atomic E-state index is 12.7. The van der Waals surface area contributed by atoms with Gasteiger partial charge in [-0.25, -0.2) is 0 Å². The lowest BCUT2D eigenvalue weighted by Gasteiger charge is -2.34. The highest BCUT2D eigenvalue weighted by Crippen LogP contribution is 2.15. The normalized spacial score (nSPS) is 17.2. The molecule has 1 heterocycles. The van der Waals surface area contributed by atoms with E-state index in [1.807, 2.05) is 39.0 Å². The van der Waals surface area contributed by atoms with E-state index in [-0.39, 0.29) is 23.8 Å². The van der Waals surface area contributed by atoms with E-state index < -0.39 is 6.04 Å². The SMILES string of the molecule is Cc1ccccc1C(=O)NC(C(=O)N1CCC(O)CC1)C(C)C. The molecule has 2 N–H and O–H groups in total. The zero-order chi connectivity index (χ0) is 17.0. The second-order valence-corrected chi connectivity index (χ2v) is 6.57. The molecule has 2 rings (SSSR count). The first-order valence-electron chi connectivity index (χ1n) is 8.23. The van der Waals surface area contributed by atoms with E-state index in [9.17, 15) is 14.7 Å². The molecule has 0 bridgehead atoms. The van der Waals surface area contributed by atoms with Gasteiger partial charge in [-0.15, -0.1) is 0 Å². The molecule has 0 spiro atoms. The Balaban J connectivity index is 2.08. The Morgan fingerprint density at radius 2 is 1.83 bits per heavy atom. The summed E-state index contributed by atoms with van der Waals surface area (Å²) in [5.74, 6) is -0.275. The first-order valence-corrected chi connectivity index (χ1v) is 8.23. The van der Waals surface area contributed by atoms with Crippen molar-refractivity contribution in [2.45, 2.75) is 45.8 Å². The number of amides is 2. The van der Waals surface area contributed by atoms with Crippen LogP contribution in [-0.4, -0.2) is 47.1 Å². The molecule has 1 fully saturated rings. The van der Waals surface area contributed by atoms with Crippen LogP contribution in [0.25, 0.3) is 0 Å². The Morgan fingerprint density at radius 3 is 2.39 bits per heavy atom. The smallest absolute Gasteiger partial charge is 0.252 e. The molecule has 1 aliphatic heterocycles.